The maximum Gasteiger partial charge on any atom is 0.277 e. The highest BCUT2D eigenvalue weighted by atomic mass is 16.5. The van der Waals surface area contributed by atoms with E-state index >= 15 is 0 Å². The third-order valence-electron chi connectivity index (χ3n) is 5.49. The van der Waals surface area contributed by atoms with Crippen molar-refractivity contribution >= 4 is 29.0 Å². The second kappa shape index (κ2) is 11.4. The number of carbonyl (C=O) groups is 3. The molecular weight excluding hydrogens is 420 g/mol. The molecule has 3 amide bonds. The quantitative estimate of drug-likeness (QED) is 0.418. The highest BCUT2D eigenvalue weighted by Gasteiger charge is 2.40. The topological polar surface area (TPSA) is 91.8 Å². The summed E-state index contributed by atoms with van der Waals surface area (Å²) in [5.41, 5.74) is 3.20. The number of imide groups is 1. The van der Waals surface area contributed by atoms with Gasteiger partial charge in [-0.15, -0.1) is 0 Å². The van der Waals surface area contributed by atoms with Crippen LogP contribution in [0.25, 0.3) is 5.57 Å². The lowest BCUT2D eigenvalue weighted by Gasteiger charge is -2.25. The Bertz CT molecular complexity index is 1020. The molecule has 2 aromatic rings. The van der Waals surface area contributed by atoms with Gasteiger partial charge in [-0.05, 0) is 55.2 Å². The smallest absolute Gasteiger partial charge is 0.277 e. The van der Waals surface area contributed by atoms with Gasteiger partial charge in [-0.3, -0.25) is 24.3 Å². The van der Waals surface area contributed by atoms with E-state index in [0.29, 0.717) is 55.2 Å². The Balaban J connectivity index is 1.94. The summed E-state index contributed by atoms with van der Waals surface area (Å²) < 4.78 is 5.10. The van der Waals surface area contributed by atoms with Crippen molar-refractivity contribution in [3.8, 4) is 0 Å². The van der Waals surface area contributed by atoms with E-state index in [9.17, 15) is 14.4 Å². The van der Waals surface area contributed by atoms with E-state index in [0.717, 1.165) is 12.0 Å². The number of rotatable bonds is 11. The van der Waals surface area contributed by atoms with Crippen molar-refractivity contribution in [1.29, 1.82) is 0 Å². The Kier molecular flexibility index (Phi) is 8.32. The first-order valence-corrected chi connectivity index (χ1v) is 11.1. The summed E-state index contributed by atoms with van der Waals surface area (Å²) in [6.07, 6.45) is 4.78. The lowest BCUT2D eigenvalue weighted by molar-refractivity contribution is -0.137. The molecule has 2 heterocycles. The van der Waals surface area contributed by atoms with Crippen molar-refractivity contribution in [3.05, 3.63) is 65.6 Å². The van der Waals surface area contributed by atoms with Crippen LogP contribution in [0.3, 0.4) is 0 Å². The molecule has 0 saturated carbocycles. The Morgan fingerprint density at radius 3 is 2.39 bits per heavy atom. The van der Waals surface area contributed by atoms with Crippen molar-refractivity contribution in [2.45, 2.75) is 26.7 Å². The van der Waals surface area contributed by atoms with Crippen molar-refractivity contribution < 1.29 is 19.1 Å². The van der Waals surface area contributed by atoms with Gasteiger partial charge in [0.25, 0.3) is 11.8 Å². The first-order valence-electron chi connectivity index (χ1n) is 11.1. The molecular formula is C25H30N4O4. The fourth-order valence-electron chi connectivity index (χ4n) is 3.85. The second-order valence-electron chi connectivity index (χ2n) is 7.78. The Morgan fingerprint density at radius 1 is 1.09 bits per heavy atom. The molecule has 33 heavy (non-hydrogen) atoms. The van der Waals surface area contributed by atoms with E-state index < -0.39 is 0 Å². The summed E-state index contributed by atoms with van der Waals surface area (Å²) in [7, 11) is 1.59. The van der Waals surface area contributed by atoms with Gasteiger partial charge in [0.1, 0.15) is 5.70 Å². The molecule has 0 atom stereocenters. The van der Waals surface area contributed by atoms with Gasteiger partial charge in [-0.2, -0.15) is 0 Å². The Hall–Kier alpha value is -3.52. The number of aromatic nitrogens is 1. The lowest BCUT2D eigenvalue weighted by atomic mass is 10.0. The predicted molar refractivity (Wildman–Crippen MR) is 126 cm³/mol. The van der Waals surface area contributed by atoms with Crippen LogP contribution in [0.15, 0.2) is 54.5 Å². The van der Waals surface area contributed by atoms with E-state index in [1.807, 2.05) is 24.0 Å². The van der Waals surface area contributed by atoms with E-state index in [4.69, 9.17) is 4.74 Å². The van der Waals surface area contributed by atoms with Gasteiger partial charge in [0, 0.05) is 58.4 Å². The van der Waals surface area contributed by atoms with Crippen LogP contribution in [0.1, 0.15) is 31.4 Å². The Labute approximate surface area is 194 Å². The summed E-state index contributed by atoms with van der Waals surface area (Å²) in [5, 5.41) is 2.72. The largest absolute Gasteiger partial charge is 0.385 e. The molecule has 1 N–H and O–H groups in total. The number of pyridine rings is 1. The third-order valence-corrected chi connectivity index (χ3v) is 5.49. The zero-order chi connectivity index (χ0) is 23.8. The minimum absolute atomic E-state index is 0.174. The molecule has 0 saturated heterocycles. The number of hydrogen-bond donors (Lipinski definition) is 1. The third kappa shape index (κ3) is 5.84. The van der Waals surface area contributed by atoms with Gasteiger partial charge in [-0.1, -0.05) is 12.1 Å². The van der Waals surface area contributed by atoms with Crippen LogP contribution < -0.4 is 5.32 Å². The van der Waals surface area contributed by atoms with Crippen molar-refractivity contribution in [1.82, 2.24) is 14.8 Å². The molecule has 1 aromatic carbocycles. The number of benzene rings is 1. The number of hydrogen-bond acceptors (Lipinski definition) is 6. The molecule has 0 unspecified atom stereocenters. The molecule has 0 spiro atoms. The number of carbonyl (C=O) groups excluding carboxylic acids is 3. The SMILES string of the molecule is CCN(CCc1ccncc1)C1=C(c2ccc(NC(C)=O)cc2)C(=O)N(CCCOC)C1=O. The number of methoxy groups -OCH3 is 1. The zero-order valence-electron chi connectivity index (χ0n) is 19.3. The molecule has 3 rings (SSSR count). The summed E-state index contributed by atoms with van der Waals surface area (Å²) in [6.45, 7) is 5.35. The standard InChI is InChI=1S/C25H30N4O4/c1-4-28(16-12-19-10-13-26-14-11-19)23-22(20-6-8-21(9-7-20)27-18(2)30)24(31)29(25(23)32)15-5-17-33-3/h6-11,13-14H,4-5,12,15-17H2,1-3H3,(H,27,30). The summed E-state index contributed by atoms with van der Waals surface area (Å²) in [4.78, 5) is 45.5. The molecule has 0 radical (unpaired) electrons. The van der Waals surface area contributed by atoms with Gasteiger partial charge < -0.3 is 15.0 Å². The average molecular weight is 451 g/mol. The summed E-state index contributed by atoms with van der Waals surface area (Å²) in [5.74, 6) is -0.762. The first kappa shape index (κ1) is 24.1. The molecule has 0 fully saturated rings. The molecule has 8 heteroatoms. The van der Waals surface area contributed by atoms with Crippen LogP contribution in [-0.4, -0.2) is 65.9 Å². The molecule has 1 aliphatic rings. The number of amides is 3. The van der Waals surface area contributed by atoms with Gasteiger partial charge >= 0.3 is 0 Å². The second-order valence-corrected chi connectivity index (χ2v) is 7.78. The monoisotopic (exact) mass is 450 g/mol. The van der Waals surface area contributed by atoms with Crippen molar-refractivity contribution in [2.24, 2.45) is 0 Å². The fourth-order valence-corrected chi connectivity index (χ4v) is 3.85. The van der Waals surface area contributed by atoms with E-state index in [1.165, 1.54) is 11.8 Å². The summed E-state index contributed by atoms with van der Waals surface area (Å²) in [6, 6.07) is 10.9. The van der Waals surface area contributed by atoms with Gasteiger partial charge in [-0.25, -0.2) is 0 Å². The highest BCUT2D eigenvalue weighted by Crippen LogP contribution is 2.32. The van der Waals surface area contributed by atoms with Crippen LogP contribution in [0.2, 0.25) is 0 Å². The van der Waals surface area contributed by atoms with Crippen LogP contribution in [0.5, 0.6) is 0 Å². The van der Waals surface area contributed by atoms with Crippen LogP contribution in [-0.2, 0) is 25.5 Å². The van der Waals surface area contributed by atoms with E-state index in [-0.39, 0.29) is 17.7 Å². The van der Waals surface area contributed by atoms with Gasteiger partial charge in [0.2, 0.25) is 5.91 Å². The summed E-state index contributed by atoms with van der Waals surface area (Å²) >= 11 is 0. The normalized spacial score (nSPS) is 13.6. The first-order chi connectivity index (χ1) is 16.0. The van der Waals surface area contributed by atoms with Crippen molar-refractivity contribution in [2.75, 3.05) is 38.7 Å². The van der Waals surface area contributed by atoms with Crippen LogP contribution >= 0.6 is 0 Å². The van der Waals surface area contributed by atoms with E-state index in [2.05, 4.69) is 10.3 Å². The number of anilines is 1. The number of likely N-dealkylation sites (N-methyl/N-ethyl adjacent to an activating group) is 1. The highest BCUT2D eigenvalue weighted by molar-refractivity contribution is 6.35. The number of nitrogens with zero attached hydrogens (tertiary/aromatic N) is 3. The number of nitrogens with one attached hydrogen (secondary N) is 1. The molecule has 174 valence electrons. The van der Waals surface area contributed by atoms with Gasteiger partial charge in [0.15, 0.2) is 0 Å². The molecule has 8 nitrogen and oxygen atoms in total. The van der Waals surface area contributed by atoms with Gasteiger partial charge in [0.05, 0.1) is 5.57 Å². The fraction of sp³-hybridized carbons (Fsp3) is 0.360. The zero-order valence-corrected chi connectivity index (χ0v) is 19.3. The maximum atomic E-state index is 13.4. The molecule has 0 bridgehead atoms. The van der Waals surface area contributed by atoms with Crippen molar-refractivity contribution in [3.63, 3.8) is 0 Å². The Morgan fingerprint density at radius 2 is 1.79 bits per heavy atom. The van der Waals surface area contributed by atoms with Crippen LogP contribution in [0, 0.1) is 0 Å². The minimum atomic E-state index is -0.305. The minimum Gasteiger partial charge on any atom is -0.385 e. The number of ether oxygens (including phenoxy) is 1. The van der Waals surface area contributed by atoms with Crippen LogP contribution in [0.4, 0.5) is 5.69 Å². The molecule has 1 aliphatic heterocycles. The predicted octanol–water partition coefficient (Wildman–Crippen LogP) is 2.72. The lowest BCUT2D eigenvalue weighted by Crippen LogP contribution is -2.36. The molecule has 1 aromatic heterocycles. The van der Waals surface area contributed by atoms with E-state index in [1.54, 1.807) is 43.8 Å². The molecule has 0 aliphatic carbocycles. The average Bonchev–Trinajstić information content (AvgIpc) is 3.05. The maximum absolute atomic E-state index is 13.4.